The molecule has 0 bridgehead atoms. The van der Waals surface area contributed by atoms with E-state index >= 15 is 0 Å². The van der Waals surface area contributed by atoms with E-state index in [2.05, 4.69) is 31.9 Å². The maximum atomic E-state index is 10.8. The lowest BCUT2D eigenvalue weighted by molar-refractivity contribution is 0.111. The van der Waals surface area contributed by atoms with Gasteiger partial charge in [-0.1, -0.05) is 44.0 Å². The zero-order chi connectivity index (χ0) is 21.7. The highest BCUT2D eigenvalue weighted by atomic mass is 79.9. The van der Waals surface area contributed by atoms with Crippen LogP contribution in [0.3, 0.4) is 0 Å². The Hall–Kier alpha value is -2.70. The fourth-order valence-electron chi connectivity index (χ4n) is 3.07. The number of benzene rings is 4. The number of rotatable bonds is 4. The fourth-order valence-corrected chi connectivity index (χ4v) is 3.83. The van der Waals surface area contributed by atoms with E-state index in [1.54, 1.807) is 14.2 Å². The highest BCUT2D eigenvalue weighted by Gasteiger charge is 2.05. The molecule has 4 nitrogen and oxygen atoms in total. The van der Waals surface area contributed by atoms with Crippen molar-refractivity contribution < 1.29 is 19.1 Å². The second-order valence-electron chi connectivity index (χ2n) is 6.41. The Morgan fingerprint density at radius 3 is 1.33 bits per heavy atom. The van der Waals surface area contributed by atoms with Crippen molar-refractivity contribution in [1.29, 1.82) is 0 Å². The average Bonchev–Trinajstić information content (AvgIpc) is 2.77. The maximum Gasteiger partial charge on any atom is 0.153 e. The van der Waals surface area contributed by atoms with Crippen LogP contribution in [0.2, 0.25) is 0 Å². The van der Waals surface area contributed by atoms with Crippen molar-refractivity contribution in [3.05, 3.63) is 80.7 Å². The zero-order valence-electron chi connectivity index (χ0n) is 16.3. The Kier molecular flexibility index (Phi) is 7.24. The summed E-state index contributed by atoms with van der Waals surface area (Å²) in [7, 11) is 3.12. The first kappa shape index (κ1) is 22.0. The molecule has 0 saturated heterocycles. The molecule has 0 spiro atoms. The minimum atomic E-state index is 0.576. The number of hydrogen-bond donors (Lipinski definition) is 0. The van der Waals surface area contributed by atoms with Crippen LogP contribution in [0, 0.1) is 0 Å². The number of halogens is 2. The number of fused-ring (bicyclic) bond motifs is 2. The lowest BCUT2D eigenvalue weighted by Gasteiger charge is -2.06. The molecule has 4 aromatic carbocycles. The van der Waals surface area contributed by atoms with Crippen molar-refractivity contribution in [2.24, 2.45) is 0 Å². The lowest BCUT2D eigenvalue weighted by atomic mass is 10.1. The third kappa shape index (κ3) is 4.89. The van der Waals surface area contributed by atoms with Crippen LogP contribution in [0.4, 0.5) is 0 Å². The molecule has 4 rings (SSSR count). The van der Waals surface area contributed by atoms with E-state index in [1.165, 1.54) is 0 Å². The Bertz CT molecular complexity index is 1140. The van der Waals surface area contributed by atoms with Crippen LogP contribution < -0.4 is 9.47 Å². The summed E-state index contributed by atoms with van der Waals surface area (Å²) in [5.41, 5.74) is 1.15. The van der Waals surface area contributed by atoms with E-state index in [-0.39, 0.29) is 0 Å². The van der Waals surface area contributed by atoms with Crippen molar-refractivity contribution in [2.75, 3.05) is 14.2 Å². The predicted molar refractivity (Wildman–Crippen MR) is 127 cm³/mol. The molecular formula is C24H18Br2O4. The largest absolute Gasteiger partial charge is 0.496 e. The molecule has 0 unspecified atom stereocenters. The Balaban J connectivity index is 0.000000171. The van der Waals surface area contributed by atoms with Crippen LogP contribution in [0.5, 0.6) is 11.5 Å². The molecule has 4 aromatic rings. The van der Waals surface area contributed by atoms with Gasteiger partial charge >= 0.3 is 0 Å². The van der Waals surface area contributed by atoms with Gasteiger partial charge in [0.1, 0.15) is 11.5 Å². The van der Waals surface area contributed by atoms with Crippen LogP contribution in [0.15, 0.2) is 69.6 Å². The first-order valence-corrected chi connectivity index (χ1v) is 10.5. The molecule has 0 N–H and O–H groups in total. The van der Waals surface area contributed by atoms with E-state index in [4.69, 9.17) is 9.47 Å². The molecule has 0 heterocycles. The Morgan fingerprint density at radius 1 is 0.600 bits per heavy atom. The molecule has 0 aromatic heterocycles. The zero-order valence-corrected chi connectivity index (χ0v) is 19.5. The van der Waals surface area contributed by atoms with Crippen LogP contribution in [0.25, 0.3) is 21.5 Å². The molecule has 0 fully saturated rings. The normalized spacial score (nSPS) is 10.3. The molecular weight excluding hydrogens is 512 g/mol. The van der Waals surface area contributed by atoms with Gasteiger partial charge in [-0.25, -0.2) is 0 Å². The molecule has 0 aliphatic carbocycles. The van der Waals surface area contributed by atoms with Gasteiger partial charge < -0.3 is 9.47 Å². The summed E-state index contributed by atoms with van der Waals surface area (Å²) < 4.78 is 12.3. The van der Waals surface area contributed by atoms with Crippen LogP contribution >= 0.6 is 31.9 Å². The highest BCUT2D eigenvalue weighted by molar-refractivity contribution is 9.10. The molecule has 6 heteroatoms. The number of methoxy groups -OCH3 is 2. The van der Waals surface area contributed by atoms with Crippen LogP contribution in [-0.4, -0.2) is 26.8 Å². The molecule has 0 aliphatic rings. The van der Waals surface area contributed by atoms with Gasteiger partial charge in [0.2, 0.25) is 0 Å². The first-order valence-electron chi connectivity index (χ1n) is 8.94. The number of ether oxygens (including phenoxy) is 2. The lowest BCUT2D eigenvalue weighted by Crippen LogP contribution is -1.90. The second kappa shape index (κ2) is 9.87. The average molecular weight is 530 g/mol. The SMILES string of the molecule is COc1cc2cc(Br)ccc2cc1C=O.COc1cc2cc(Br)ccc2cc1C=O. The van der Waals surface area contributed by atoms with Gasteiger partial charge in [-0.05, 0) is 70.1 Å². The highest BCUT2D eigenvalue weighted by Crippen LogP contribution is 2.28. The van der Waals surface area contributed by atoms with Gasteiger partial charge in [0.25, 0.3) is 0 Å². The number of hydrogen-bond acceptors (Lipinski definition) is 4. The van der Waals surface area contributed by atoms with Gasteiger partial charge in [-0.3, -0.25) is 9.59 Å². The van der Waals surface area contributed by atoms with Crippen LogP contribution in [0.1, 0.15) is 20.7 Å². The number of carbonyl (C=O) groups excluding carboxylic acids is 2. The third-order valence-electron chi connectivity index (χ3n) is 4.56. The molecule has 0 saturated carbocycles. The smallest absolute Gasteiger partial charge is 0.153 e. The quantitative estimate of drug-likeness (QED) is 0.271. The summed E-state index contributed by atoms with van der Waals surface area (Å²) >= 11 is 6.81. The Labute approximate surface area is 191 Å². The summed E-state index contributed by atoms with van der Waals surface area (Å²) in [4.78, 5) is 21.6. The third-order valence-corrected chi connectivity index (χ3v) is 5.54. The summed E-state index contributed by atoms with van der Waals surface area (Å²) in [5, 5.41) is 4.15. The summed E-state index contributed by atoms with van der Waals surface area (Å²) in [6.45, 7) is 0. The van der Waals surface area contributed by atoms with E-state index in [0.29, 0.717) is 22.6 Å². The van der Waals surface area contributed by atoms with Gasteiger partial charge in [0.15, 0.2) is 12.6 Å². The minimum Gasteiger partial charge on any atom is -0.496 e. The van der Waals surface area contributed by atoms with Crippen molar-refractivity contribution in [1.82, 2.24) is 0 Å². The number of carbonyl (C=O) groups is 2. The van der Waals surface area contributed by atoms with Gasteiger partial charge in [-0.15, -0.1) is 0 Å². The van der Waals surface area contributed by atoms with E-state index < -0.39 is 0 Å². The van der Waals surface area contributed by atoms with Crippen molar-refractivity contribution in [3.63, 3.8) is 0 Å². The van der Waals surface area contributed by atoms with Crippen molar-refractivity contribution in [2.45, 2.75) is 0 Å². The van der Waals surface area contributed by atoms with Gasteiger partial charge in [0.05, 0.1) is 25.3 Å². The van der Waals surface area contributed by atoms with Gasteiger partial charge in [0, 0.05) is 8.95 Å². The maximum absolute atomic E-state index is 10.8. The Morgan fingerprint density at radius 2 is 1.00 bits per heavy atom. The molecule has 0 amide bonds. The van der Waals surface area contributed by atoms with Crippen LogP contribution in [-0.2, 0) is 0 Å². The molecule has 0 radical (unpaired) electrons. The number of aldehydes is 2. The van der Waals surface area contributed by atoms with Crippen molar-refractivity contribution >= 4 is 66.0 Å². The van der Waals surface area contributed by atoms with E-state index in [1.807, 2.05) is 60.7 Å². The predicted octanol–water partition coefficient (Wildman–Crippen LogP) is 6.85. The molecule has 30 heavy (non-hydrogen) atoms. The summed E-state index contributed by atoms with van der Waals surface area (Å²) in [5.74, 6) is 1.21. The monoisotopic (exact) mass is 528 g/mol. The fraction of sp³-hybridized carbons (Fsp3) is 0.0833. The molecule has 0 atom stereocenters. The summed E-state index contributed by atoms with van der Waals surface area (Å²) in [6.07, 6.45) is 1.61. The molecule has 0 aliphatic heterocycles. The minimum absolute atomic E-state index is 0.576. The van der Waals surface area contributed by atoms with Gasteiger partial charge in [-0.2, -0.15) is 0 Å². The van der Waals surface area contributed by atoms with E-state index in [9.17, 15) is 9.59 Å². The second-order valence-corrected chi connectivity index (χ2v) is 8.24. The standard InChI is InChI=1S/2C12H9BrO2/c2*1-15-12-6-9-5-11(13)3-2-8(9)4-10(12)7-14/h2*2-7H,1H3. The molecule has 152 valence electrons. The van der Waals surface area contributed by atoms with E-state index in [0.717, 1.165) is 43.1 Å². The summed E-state index contributed by atoms with van der Waals surface area (Å²) in [6, 6.07) is 19.2. The first-order chi connectivity index (χ1) is 14.5. The van der Waals surface area contributed by atoms with Crippen molar-refractivity contribution in [3.8, 4) is 11.5 Å². The topological polar surface area (TPSA) is 52.6 Å².